The zero-order valence-electron chi connectivity index (χ0n) is 13.6. The maximum atomic E-state index is 12.5. The van der Waals surface area contributed by atoms with Crippen molar-refractivity contribution in [3.8, 4) is 5.75 Å². The van der Waals surface area contributed by atoms with Crippen LogP contribution in [-0.4, -0.2) is 23.9 Å². The average Bonchev–Trinajstić information content (AvgIpc) is 2.58. The van der Waals surface area contributed by atoms with Gasteiger partial charge in [-0.05, 0) is 35.4 Å². The van der Waals surface area contributed by atoms with Crippen molar-refractivity contribution in [1.82, 2.24) is 0 Å². The summed E-state index contributed by atoms with van der Waals surface area (Å²) < 4.78 is 42.7. The second kappa shape index (κ2) is 8.89. The molecule has 8 heteroatoms. The van der Waals surface area contributed by atoms with Crippen LogP contribution >= 0.6 is 0 Å². The molecule has 0 atom stereocenters. The van der Waals surface area contributed by atoms with Gasteiger partial charge in [-0.3, -0.25) is 4.79 Å². The van der Waals surface area contributed by atoms with Crippen molar-refractivity contribution >= 4 is 12.2 Å². The number of rotatable bonds is 8. The minimum Gasteiger partial charge on any atom is -0.493 e. The van der Waals surface area contributed by atoms with Gasteiger partial charge >= 0.3 is 12.1 Å². The van der Waals surface area contributed by atoms with E-state index in [1.807, 2.05) is 0 Å². The Kier molecular flexibility index (Phi) is 6.60. The van der Waals surface area contributed by atoms with Gasteiger partial charge in [0, 0.05) is 0 Å². The van der Waals surface area contributed by atoms with E-state index < -0.39 is 17.7 Å². The molecule has 0 aliphatic heterocycles. The van der Waals surface area contributed by atoms with Gasteiger partial charge in [0.1, 0.15) is 12.4 Å². The Morgan fingerprint density at radius 3 is 2.54 bits per heavy atom. The van der Waals surface area contributed by atoms with Crippen LogP contribution in [0.15, 0.2) is 53.7 Å². The number of alkyl halides is 3. The number of carboxylic acid groups (broad SMARTS) is 1. The molecule has 0 heterocycles. The number of aliphatic carboxylic acids is 1. The van der Waals surface area contributed by atoms with Gasteiger partial charge in [0.05, 0.1) is 24.8 Å². The summed E-state index contributed by atoms with van der Waals surface area (Å²) in [6.45, 7) is 0.0871. The lowest BCUT2D eigenvalue weighted by Crippen LogP contribution is -2.04. The third-order valence-electron chi connectivity index (χ3n) is 3.23. The first-order chi connectivity index (χ1) is 12.3. The standard InChI is InChI=1S/C18H16F3NO4/c19-18(20,21)15-6-4-13(5-7-15)12-26-22-11-14-2-1-3-16(10-14)25-9-8-17(23)24/h1-7,10-11H,8-9,12H2,(H,23,24)/b22-11+. The highest BCUT2D eigenvalue weighted by molar-refractivity contribution is 5.79. The van der Waals surface area contributed by atoms with Crippen molar-refractivity contribution in [3.05, 3.63) is 65.2 Å². The molecular weight excluding hydrogens is 351 g/mol. The Balaban J connectivity index is 1.83. The first kappa shape index (κ1) is 19.3. The summed E-state index contributed by atoms with van der Waals surface area (Å²) in [4.78, 5) is 15.5. The lowest BCUT2D eigenvalue weighted by atomic mass is 10.1. The average molecular weight is 367 g/mol. The number of ether oxygens (including phenoxy) is 1. The largest absolute Gasteiger partial charge is 0.493 e. The second-order valence-corrected chi connectivity index (χ2v) is 5.27. The fraction of sp³-hybridized carbons (Fsp3) is 0.222. The van der Waals surface area contributed by atoms with Gasteiger partial charge in [-0.15, -0.1) is 0 Å². The maximum absolute atomic E-state index is 12.5. The SMILES string of the molecule is O=C(O)CCOc1cccc(/C=N/OCc2ccc(C(F)(F)F)cc2)c1. The van der Waals surface area contributed by atoms with Gasteiger partial charge < -0.3 is 14.7 Å². The molecule has 0 aliphatic rings. The molecule has 5 nitrogen and oxygen atoms in total. The monoisotopic (exact) mass is 367 g/mol. The van der Waals surface area contributed by atoms with E-state index in [2.05, 4.69) is 5.16 Å². The maximum Gasteiger partial charge on any atom is 0.416 e. The molecule has 0 aromatic heterocycles. The van der Waals surface area contributed by atoms with Crippen molar-refractivity contribution in [3.63, 3.8) is 0 Å². The summed E-state index contributed by atoms with van der Waals surface area (Å²) >= 11 is 0. The second-order valence-electron chi connectivity index (χ2n) is 5.27. The third kappa shape index (κ3) is 6.46. The van der Waals surface area contributed by atoms with Crippen molar-refractivity contribution in [2.75, 3.05) is 6.61 Å². The number of hydrogen-bond donors (Lipinski definition) is 1. The van der Waals surface area contributed by atoms with E-state index in [1.165, 1.54) is 18.3 Å². The fourth-order valence-corrected chi connectivity index (χ4v) is 1.94. The molecule has 0 fully saturated rings. The molecule has 0 amide bonds. The molecule has 2 aromatic rings. The van der Waals surface area contributed by atoms with E-state index >= 15 is 0 Å². The van der Waals surface area contributed by atoms with E-state index in [0.717, 1.165) is 12.1 Å². The lowest BCUT2D eigenvalue weighted by molar-refractivity contribution is -0.138. The van der Waals surface area contributed by atoms with Gasteiger partial charge in [0.25, 0.3) is 0 Å². The highest BCUT2D eigenvalue weighted by Crippen LogP contribution is 2.29. The molecule has 2 rings (SSSR count). The molecule has 1 N–H and O–H groups in total. The van der Waals surface area contributed by atoms with Crippen LogP contribution in [0.2, 0.25) is 0 Å². The van der Waals surface area contributed by atoms with Crippen LogP contribution in [0.1, 0.15) is 23.1 Å². The van der Waals surface area contributed by atoms with Crippen molar-refractivity contribution in [1.29, 1.82) is 0 Å². The Morgan fingerprint density at radius 1 is 1.15 bits per heavy atom. The summed E-state index contributed by atoms with van der Waals surface area (Å²) in [5.41, 5.74) is 0.510. The number of nitrogens with zero attached hydrogens (tertiary/aromatic N) is 1. The van der Waals surface area contributed by atoms with Crippen LogP contribution in [0.25, 0.3) is 0 Å². The molecular formula is C18H16F3NO4. The first-order valence-electron chi connectivity index (χ1n) is 7.61. The molecule has 0 spiro atoms. The van der Waals surface area contributed by atoms with Crippen molar-refractivity contribution in [2.24, 2.45) is 5.16 Å². The van der Waals surface area contributed by atoms with Crippen LogP contribution in [0.4, 0.5) is 13.2 Å². The Hall–Kier alpha value is -3.03. The van der Waals surface area contributed by atoms with E-state index in [9.17, 15) is 18.0 Å². The number of halogens is 3. The van der Waals surface area contributed by atoms with Crippen LogP contribution in [0.5, 0.6) is 5.75 Å². The molecule has 0 bridgehead atoms. The number of oxime groups is 1. The van der Waals surface area contributed by atoms with Crippen LogP contribution < -0.4 is 4.74 Å². The van der Waals surface area contributed by atoms with E-state index in [-0.39, 0.29) is 19.6 Å². The highest BCUT2D eigenvalue weighted by Gasteiger charge is 2.29. The van der Waals surface area contributed by atoms with Crippen molar-refractivity contribution in [2.45, 2.75) is 19.2 Å². The molecule has 0 aliphatic carbocycles. The molecule has 138 valence electrons. The smallest absolute Gasteiger partial charge is 0.416 e. The number of carbonyl (C=O) groups is 1. The zero-order valence-corrected chi connectivity index (χ0v) is 13.6. The predicted octanol–water partition coefficient (Wildman–Crippen LogP) is 4.11. The van der Waals surface area contributed by atoms with Gasteiger partial charge in [-0.2, -0.15) is 13.2 Å². The fourth-order valence-electron chi connectivity index (χ4n) is 1.94. The summed E-state index contributed by atoms with van der Waals surface area (Å²) in [7, 11) is 0. The molecule has 0 radical (unpaired) electrons. The van der Waals surface area contributed by atoms with Crippen LogP contribution in [0, 0.1) is 0 Å². The molecule has 0 saturated heterocycles. The molecule has 26 heavy (non-hydrogen) atoms. The predicted molar refractivity (Wildman–Crippen MR) is 88.0 cm³/mol. The van der Waals surface area contributed by atoms with Gasteiger partial charge in [-0.25, -0.2) is 0 Å². The summed E-state index contributed by atoms with van der Waals surface area (Å²) in [5.74, 6) is -0.447. The van der Waals surface area contributed by atoms with E-state index in [0.29, 0.717) is 16.9 Å². The minimum absolute atomic E-state index is 0.0312. The van der Waals surface area contributed by atoms with E-state index in [1.54, 1.807) is 24.3 Å². The minimum atomic E-state index is -4.37. The van der Waals surface area contributed by atoms with Crippen LogP contribution in [0.3, 0.4) is 0 Å². The van der Waals surface area contributed by atoms with Gasteiger partial charge in [0.2, 0.25) is 0 Å². The summed E-state index contributed by atoms with van der Waals surface area (Å²) in [5, 5.41) is 12.3. The highest BCUT2D eigenvalue weighted by atomic mass is 19.4. The quantitative estimate of drug-likeness (QED) is 0.563. The number of hydrogen-bond acceptors (Lipinski definition) is 4. The van der Waals surface area contributed by atoms with E-state index in [4.69, 9.17) is 14.7 Å². The normalized spacial score (nSPS) is 11.5. The molecule has 2 aromatic carbocycles. The zero-order chi connectivity index (χ0) is 19.0. The Morgan fingerprint density at radius 2 is 1.88 bits per heavy atom. The Labute approximate surface area is 147 Å². The van der Waals surface area contributed by atoms with Gasteiger partial charge in [0.15, 0.2) is 0 Å². The molecule has 0 saturated carbocycles. The topological polar surface area (TPSA) is 68.1 Å². The third-order valence-corrected chi connectivity index (χ3v) is 3.23. The Bertz CT molecular complexity index is 758. The van der Waals surface area contributed by atoms with Gasteiger partial charge in [-0.1, -0.05) is 29.4 Å². The van der Waals surface area contributed by atoms with Crippen LogP contribution in [-0.2, 0) is 22.4 Å². The first-order valence-corrected chi connectivity index (χ1v) is 7.61. The van der Waals surface area contributed by atoms with Crippen molar-refractivity contribution < 1.29 is 32.6 Å². The summed E-state index contributed by atoms with van der Waals surface area (Å²) in [6.07, 6.45) is -3.04. The number of benzene rings is 2. The summed E-state index contributed by atoms with van der Waals surface area (Å²) in [6, 6.07) is 11.4. The molecule has 0 unspecified atom stereocenters. The lowest BCUT2D eigenvalue weighted by Gasteiger charge is -2.07. The number of carboxylic acids is 1.